The number of hydrogen-bond acceptors (Lipinski definition) is 4. The molecule has 1 saturated heterocycles. The number of alkyl halides is 3. The lowest BCUT2D eigenvalue weighted by atomic mass is 9.75. The maximum absolute atomic E-state index is 12.5. The topological polar surface area (TPSA) is 41.9 Å². The molecule has 2 heterocycles. The van der Waals surface area contributed by atoms with Crippen LogP contribution in [0.3, 0.4) is 0 Å². The van der Waals surface area contributed by atoms with Crippen LogP contribution in [0.2, 0.25) is 0 Å². The van der Waals surface area contributed by atoms with Crippen molar-refractivity contribution in [2.75, 3.05) is 26.8 Å². The van der Waals surface area contributed by atoms with E-state index in [1.807, 2.05) is 0 Å². The number of benzene rings is 1. The Kier molecular flexibility index (Phi) is 5.88. The van der Waals surface area contributed by atoms with Crippen molar-refractivity contribution in [1.29, 1.82) is 0 Å². The molecule has 0 saturated carbocycles. The fourth-order valence-corrected chi connectivity index (χ4v) is 4.52. The molecular formula is C21H30F3NO3. The summed E-state index contributed by atoms with van der Waals surface area (Å²) in [5.41, 5.74) is 2.15. The van der Waals surface area contributed by atoms with E-state index in [0.29, 0.717) is 12.2 Å². The van der Waals surface area contributed by atoms with Gasteiger partial charge in [-0.2, -0.15) is 13.2 Å². The molecule has 4 nitrogen and oxygen atoms in total. The monoisotopic (exact) mass is 401 g/mol. The highest BCUT2D eigenvalue weighted by atomic mass is 19.4. The van der Waals surface area contributed by atoms with E-state index in [1.165, 1.54) is 7.11 Å². The van der Waals surface area contributed by atoms with Gasteiger partial charge < -0.3 is 14.6 Å². The molecule has 0 spiro atoms. The molecule has 7 heteroatoms. The molecule has 0 radical (unpaired) electrons. The summed E-state index contributed by atoms with van der Waals surface area (Å²) in [4.78, 5) is 2.39. The van der Waals surface area contributed by atoms with E-state index in [4.69, 9.17) is 9.47 Å². The standard InChI is InChI=1S/C21H30F3NO3/c1-20(2,3)10-14-11-25-6-5-13-7-19(28-12-21(22,23)24)18(27-4)8-15(13)16(25)9-17(14)26/h7-8,14,16-17,26H,5-6,9-12H2,1-4H3/t14-,16-,17-/m1/s1. The van der Waals surface area contributed by atoms with Crippen LogP contribution in [-0.2, 0) is 6.42 Å². The number of fused-ring (bicyclic) bond motifs is 3. The second kappa shape index (κ2) is 7.75. The largest absolute Gasteiger partial charge is 0.493 e. The minimum absolute atomic E-state index is 0.0561. The molecule has 1 N–H and O–H groups in total. The summed E-state index contributed by atoms with van der Waals surface area (Å²) >= 11 is 0. The predicted molar refractivity (Wildman–Crippen MR) is 101 cm³/mol. The number of nitrogens with zero attached hydrogens (tertiary/aromatic N) is 1. The average molecular weight is 401 g/mol. The van der Waals surface area contributed by atoms with Crippen LogP contribution in [0.5, 0.6) is 11.5 Å². The fourth-order valence-electron chi connectivity index (χ4n) is 4.52. The number of ether oxygens (including phenoxy) is 2. The summed E-state index contributed by atoms with van der Waals surface area (Å²) in [6, 6.07) is 3.51. The smallest absolute Gasteiger partial charge is 0.422 e. The molecule has 2 aliphatic rings. The Hall–Kier alpha value is -1.47. The zero-order valence-corrected chi connectivity index (χ0v) is 17.0. The molecule has 2 aliphatic heterocycles. The lowest BCUT2D eigenvalue weighted by Gasteiger charge is -2.47. The minimum atomic E-state index is -4.40. The number of rotatable bonds is 4. The third kappa shape index (κ3) is 4.92. The lowest BCUT2D eigenvalue weighted by molar-refractivity contribution is -0.153. The molecule has 3 rings (SSSR count). The van der Waals surface area contributed by atoms with E-state index >= 15 is 0 Å². The molecular weight excluding hydrogens is 371 g/mol. The number of aliphatic hydroxyl groups excluding tert-OH is 1. The van der Waals surface area contributed by atoms with Gasteiger partial charge in [0.1, 0.15) is 0 Å². The van der Waals surface area contributed by atoms with Crippen LogP contribution in [0.15, 0.2) is 12.1 Å². The molecule has 1 aromatic carbocycles. The third-order valence-corrected chi connectivity index (χ3v) is 5.64. The fraction of sp³-hybridized carbons (Fsp3) is 0.714. The maximum Gasteiger partial charge on any atom is 0.422 e. The number of aliphatic hydroxyl groups is 1. The van der Waals surface area contributed by atoms with Crippen LogP contribution >= 0.6 is 0 Å². The Morgan fingerprint density at radius 1 is 1.18 bits per heavy atom. The maximum atomic E-state index is 12.5. The van der Waals surface area contributed by atoms with Crippen molar-refractivity contribution in [2.45, 2.75) is 58.4 Å². The summed E-state index contributed by atoms with van der Waals surface area (Å²) in [6.45, 7) is 6.87. The Morgan fingerprint density at radius 3 is 2.50 bits per heavy atom. The first-order valence-electron chi connectivity index (χ1n) is 9.79. The molecule has 3 atom stereocenters. The van der Waals surface area contributed by atoms with Gasteiger partial charge in [-0.1, -0.05) is 20.8 Å². The Bertz CT molecular complexity index is 699. The van der Waals surface area contributed by atoms with Gasteiger partial charge in [0.15, 0.2) is 18.1 Å². The zero-order valence-electron chi connectivity index (χ0n) is 17.0. The Morgan fingerprint density at radius 2 is 1.89 bits per heavy atom. The van der Waals surface area contributed by atoms with Crippen molar-refractivity contribution in [3.8, 4) is 11.5 Å². The quantitative estimate of drug-likeness (QED) is 0.814. The van der Waals surface area contributed by atoms with Crippen LogP contribution < -0.4 is 9.47 Å². The van der Waals surface area contributed by atoms with Gasteiger partial charge in [-0.05, 0) is 53.9 Å². The van der Waals surface area contributed by atoms with E-state index in [0.717, 1.165) is 37.1 Å². The molecule has 0 bridgehead atoms. The van der Waals surface area contributed by atoms with Gasteiger partial charge in [0.05, 0.1) is 13.2 Å². The molecule has 1 fully saturated rings. The lowest BCUT2D eigenvalue weighted by Crippen LogP contribution is -2.48. The van der Waals surface area contributed by atoms with E-state index in [2.05, 4.69) is 25.7 Å². The van der Waals surface area contributed by atoms with Crippen molar-refractivity contribution in [3.05, 3.63) is 23.3 Å². The summed E-state index contributed by atoms with van der Waals surface area (Å²) in [5.74, 6) is 0.652. The molecule has 0 aromatic heterocycles. The molecule has 0 unspecified atom stereocenters. The first-order chi connectivity index (χ1) is 13.0. The van der Waals surface area contributed by atoms with Gasteiger partial charge >= 0.3 is 6.18 Å². The van der Waals surface area contributed by atoms with E-state index in [1.54, 1.807) is 12.1 Å². The molecule has 0 amide bonds. The first-order valence-corrected chi connectivity index (χ1v) is 9.79. The first kappa shape index (κ1) is 21.2. The molecule has 1 aromatic rings. The Balaban J connectivity index is 1.82. The number of piperidine rings is 1. The number of methoxy groups -OCH3 is 1. The zero-order chi connectivity index (χ0) is 20.7. The van der Waals surface area contributed by atoms with Crippen LogP contribution in [0.1, 0.15) is 50.8 Å². The van der Waals surface area contributed by atoms with Gasteiger partial charge in [0.25, 0.3) is 0 Å². The summed E-state index contributed by atoms with van der Waals surface area (Å²) in [5, 5.41) is 10.7. The average Bonchev–Trinajstić information content (AvgIpc) is 2.58. The second-order valence-electron chi connectivity index (χ2n) is 9.19. The Labute approximate surface area is 164 Å². The van der Waals surface area contributed by atoms with E-state index in [9.17, 15) is 18.3 Å². The van der Waals surface area contributed by atoms with Gasteiger partial charge in [0.2, 0.25) is 0 Å². The highest BCUT2D eigenvalue weighted by Gasteiger charge is 2.40. The summed E-state index contributed by atoms with van der Waals surface area (Å²) in [6.07, 6.45) is -2.46. The van der Waals surface area contributed by atoms with Crippen molar-refractivity contribution < 1.29 is 27.8 Å². The van der Waals surface area contributed by atoms with Crippen molar-refractivity contribution in [2.24, 2.45) is 11.3 Å². The van der Waals surface area contributed by atoms with Crippen LogP contribution in [0.25, 0.3) is 0 Å². The van der Waals surface area contributed by atoms with E-state index in [-0.39, 0.29) is 23.1 Å². The van der Waals surface area contributed by atoms with Crippen LogP contribution in [0, 0.1) is 11.3 Å². The molecule has 158 valence electrons. The molecule has 28 heavy (non-hydrogen) atoms. The second-order valence-corrected chi connectivity index (χ2v) is 9.19. The van der Waals surface area contributed by atoms with Crippen molar-refractivity contribution in [1.82, 2.24) is 4.90 Å². The van der Waals surface area contributed by atoms with E-state index < -0.39 is 18.9 Å². The van der Waals surface area contributed by atoms with Crippen LogP contribution in [-0.4, -0.2) is 49.1 Å². The third-order valence-electron chi connectivity index (χ3n) is 5.64. The van der Waals surface area contributed by atoms with Gasteiger partial charge in [-0.15, -0.1) is 0 Å². The van der Waals surface area contributed by atoms with Gasteiger partial charge in [-0.25, -0.2) is 0 Å². The number of hydrogen-bond donors (Lipinski definition) is 1. The van der Waals surface area contributed by atoms with Crippen LogP contribution in [0.4, 0.5) is 13.2 Å². The number of halogens is 3. The predicted octanol–water partition coefficient (Wildman–Crippen LogP) is 4.35. The highest BCUT2D eigenvalue weighted by molar-refractivity contribution is 5.49. The minimum Gasteiger partial charge on any atom is -0.493 e. The SMILES string of the molecule is COc1cc2c(cc1OCC(F)(F)F)CCN1C[C@@H](CC(C)(C)C)[C@H](O)C[C@H]21. The van der Waals surface area contributed by atoms with Gasteiger partial charge in [0, 0.05) is 19.1 Å². The van der Waals surface area contributed by atoms with Gasteiger partial charge in [-0.3, -0.25) is 4.90 Å². The highest BCUT2D eigenvalue weighted by Crippen LogP contribution is 2.44. The summed E-state index contributed by atoms with van der Waals surface area (Å²) in [7, 11) is 1.43. The normalized spacial score (nSPS) is 25.8. The van der Waals surface area contributed by atoms with Crippen molar-refractivity contribution >= 4 is 0 Å². The van der Waals surface area contributed by atoms with Crippen molar-refractivity contribution in [3.63, 3.8) is 0 Å². The molecule has 0 aliphatic carbocycles. The summed E-state index contributed by atoms with van der Waals surface area (Å²) < 4.78 is 47.9.